The van der Waals surface area contributed by atoms with Crippen molar-refractivity contribution < 1.29 is 13.2 Å². The van der Waals surface area contributed by atoms with Crippen LogP contribution < -0.4 is 14.4 Å². The first-order valence-corrected chi connectivity index (χ1v) is 9.42. The Morgan fingerprint density at radius 3 is 2.17 bits per heavy atom. The van der Waals surface area contributed by atoms with Gasteiger partial charge in [0.15, 0.2) is 0 Å². The molecule has 0 atom stereocenters. The van der Waals surface area contributed by atoms with E-state index in [4.69, 9.17) is 4.74 Å². The number of ether oxygens (including phenoxy) is 1. The van der Waals surface area contributed by atoms with Crippen LogP contribution in [0, 0.1) is 6.92 Å². The smallest absolute Gasteiger partial charge is 0.261 e. The van der Waals surface area contributed by atoms with Gasteiger partial charge in [0.05, 0.1) is 17.7 Å². The fourth-order valence-electron chi connectivity index (χ4n) is 2.51. The summed E-state index contributed by atoms with van der Waals surface area (Å²) in [6.45, 7) is 7.91. The van der Waals surface area contributed by atoms with Gasteiger partial charge in [0.2, 0.25) is 0 Å². The molecule has 24 heavy (non-hydrogen) atoms. The van der Waals surface area contributed by atoms with Crippen LogP contribution in [0.4, 0.5) is 11.4 Å². The Hall–Kier alpha value is -2.21. The minimum Gasteiger partial charge on any atom is -0.497 e. The zero-order valence-corrected chi connectivity index (χ0v) is 15.4. The zero-order chi connectivity index (χ0) is 17.7. The summed E-state index contributed by atoms with van der Waals surface area (Å²) in [4.78, 5) is 2.42. The Kier molecular flexibility index (Phi) is 5.72. The molecule has 2 aromatic rings. The van der Waals surface area contributed by atoms with E-state index in [0.717, 1.165) is 24.3 Å². The molecule has 0 heterocycles. The van der Waals surface area contributed by atoms with Gasteiger partial charge in [0, 0.05) is 18.8 Å². The fourth-order valence-corrected chi connectivity index (χ4v) is 3.64. The van der Waals surface area contributed by atoms with Gasteiger partial charge in [-0.1, -0.05) is 0 Å². The molecule has 0 saturated heterocycles. The molecule has 2 aromatic carbocycles. The van der Waals surface area contributed by atoms with E-state index < -0.39 is 10.0 Å². The minimum absolute atomic E-state index is 0.204. The summed E-state index contributed by atoms with van der Waals surface area (Å²) >= 11 is 0. The van der Waals surface area contributed by atoms with Crippen LogP contribution in [-0.2, 0) is 10.0 Å². The van der Waals surface area contributed by atoms with Crippen LogP contribution in [0.1, 0.15) is 19.4 Å². The van der Waals surface area contributed by atoms with E-state index in [1.807, 2.05) is 25.1 Å². The van der Waals surface area contributed by atoms with E-state index in [9.17, 15) is 8.42 Å². The third-order valence-electron chi connectivity index (χ3n) is 3.95. The average Bonchev–Trinajstić information content (AvgIpc) is 2.58. The number of anilines is 2. The number of benzene rings is 2. The summed E-state index contributed by atoms with van der Waals surface area (Å²) in [7, 11) is -2.08. The number of sulfonamides is 1. The predicted molar refractivity (Wildman–Crippen MR) is 98.5 cm³/mol. The lowest BCUT2D eigenvalue weighted by atomic mass is 10.1. The number of methoxy groups -OCH3 is 1. The van der Waals surface area contributed by atoms with E-state index in [1.165, 1.54) is 12.1 Å². The summed E-state index contributed by atoms with van der Waals surface area (Å²) in [6.07, 6.45) is 0. The summed E-state index contributed by atoms with van der Waals surface area (Å²) in [6, 6.07) is 12.1. The molecule has 0 saturated carbocycles. The van der Waals surface area contributed by atoms with Crippen molar-refractivity contribution in [2.24, 2.45) is 0 Å². The lowest BCUT2D eigenvalue weighted by Crippen LogP contribution is -2.22. The SMILES string of the molecule is CCN(CC)c1ccc(NS(=O)(=O)c2ccc(OC)cc2)c(C)c1. The fraction of sp³-hybridized carbons (Fsp3) is 0.333. The van der Waals surface area contributed by atoms with Crippen LogP contribution in [0.15, 0.2) is 47.4 Å². The quantitative estimate of drug-likeness (QED) is 0.830. The molecule has 0 spiro atoms. The van der Waals surface area contributed by atoms with Gasteiger partial charge in [-0.25, -0.2) is 8.42 Å². The van der Waals surface area contributed by atoms with E-state index in [-0.39, 0.29) is 4.90 Å². The minimum atomic E-state index is -3.62. The van der Waals surface area contributed by atoms with E-state index in [2.05, 4.69) is 23.5 Å². The first-order chi connectivity index (χ1) is 11.4. The molecule has 0 radical (unpaired) electrons. The molecule has 6 heteroatoms. The molecule has 0 bridgehead atoms. The highest BCUT2D eigenvalue weighted by atomic mass is 32.2. The highest BCUT2D eigenvalue weighted by molar-refractivity contribution is 7.92. The molecular weight excluding hydrogens is 324 g/mol. The number of hydrogen-bond donors (Lipinski definition) is 1. The summed E-state index contributed by atoms with van der Waals surface area (Å²) < 4.78 is 32.8. The third-order valence-corrected chi connectivity index (χ3v) is 5.33. The predicted octanol–water partition coefficient (Wildman–Crippen LogP) is 3.65. The first-order valence-electron chi connectivity index (χ1n) is 7.93. The second-order valence-electron chi connectivity index (χ2n) is 5.45. The number of rotatable bonds is 7. The maximum atomic E-state index is 12.5. The molecule has 0 aliphatic heterocycles. The Labute approximate surface area is 144 Å². The molecule has 0 amide bonds. The van der Waals surface area contributed by atoms with Crippen molar-refractivity contribution in [1.29, 1.82) is 0 Å². The van der Waals surface area contributed by atoms with Gasteiger partial charge in [0.1, 0.15) is 5.75 Å². The van der Waals surface area contributed by atoms with E-state index in [0.29, 0.717) is 11.4 Å². The number of nitrogens with one attached hydrogen (secondary N) is 1. The van der Waals surface area contributed by atoms with Crippen molar-refractivity contribution in [1.82, 2.24) is 0 Å². The van der Waals surface area contributed by atoms with Gasteiger partial charge in [-0.3, -0.25) is 4.72 Å². The van der Waals surface area contributed by atoms with Gasteiger partial charge in [-0.15, -0.1) is 0 Å². The molecule has 0 aliphatic rings. The van der Waals surface area contributed by atoms with Crippen molar-refractivity contribution in [3.05, 3.63) is 48.0 Å². The number of hydrogen-bond acceptors (Lipinski definition) is 4. The van der Waals surface area contributed by atoms with Gasteiger partial charge in [-0.05, 0) is 68.8 Å². The van der Waals surface area contributed by atoms with Crippen LogP contribution >= 0.6 is 0 Å². The largest absolute Gasteiger partial charge is 0.497 e. The van der Waals surface area contributed by atoms with Crippen molar-refractivity contribution in [3.63, 3.8) is 0 Å². The zero-order valence-electron chi connectivity index (χ0n) is 14.5. The van der Waals surface area contributed by atoms with Crippen molar-refractivity contribution in [2.75, 3.05) is 29.8 Å². The van der Waals surface area contributed by atoms with Crippen molar-refractivity contribution in [2.45, 2.75) is 25.7 Å². The van der Waals surface area contributed by atoms with Crippen LogP contribution in [0.2, 0.25) is 0 Å². The first kappa shape index (κ1) is 18.1. The molecule has 0 fully saturated rings. The normalized spacial score (nSPS) is 11.2. The van der Waals surface area contributed by atoms with Crippen LogP contribution in [0.5, 0.6) is 5.75 Å². The molecular formula is C18H24N2O3S. The lowest BCUT2D eigenvalue weighted by molar-refractivity contribution is 0.414. The highest BCUT2D eigenvalue weighted by Gasteiger charge is 2.16. The molecule has 0 aliphatic carbocycles. The molecule has 1 N–H and O–H groups in total. The van der Waals surface area contributed by atoms with Crippen LogP contribution in [-0.4, -0.2) is 28.6 Å². The molecule has 130 valence electrons. The van der Waals surface area contributed by atoms with E-state index >= 15 is 0 Å². The van der Waals surface area contributed by atoms with Crippen molar-refractivity contribution >= 4 is 21.4 Å². The number of nitrogens with zero attached hydrogens (tertiary/aromatic N) is 1. The molecule has 0 aromatic heterocycles. The Balaban J connectivity index is 2.25. The Bertz CT molecular complexity index is 782. The van der Waals surface area contributed by atoms with Gasteiger partial charge in [-0.2, -0.15) is 0 Å². The molecule has 2 rings (SSSR count). The van der Waals surface area contributed by atoms with Crippen molar-refractivity contribution in [3.8, 4) is 5.75 Å². The maximum absolute atomic E-state index is 12.5. The third kappa shape index (κ3) is 4.00. The van der Waals surface area contributed by atoms with Crippen LogP contribution in [0.25, 0.3) is 0 Å². The van der Waals surface area contributed by atoms with Gasteiger partial charge >= 0.3 is 0 Å². The summed E-state index contributed by atoms with van der Waals surface area (Å²) in [5, 5.41) is 0. The Morgan fingerprint density at radius 2 is 1.67 bits per heavy atom. The van der Waals surface area contributed by atoms with Crippen LogP contribution in [0.3, 0.4) is 0 Å². The molecule has 5 nitrogen and oxygen atoms in total. The lowest BCUT2D eigenvalue weighted by Gasteiger charge is -2.22. The average molecular weight is 348 g/mol. The highest BCUT2D eigenvalue weighted by Crippen LogP contribution is 2.25. The van der Waals surface area contributed by atoms with E-state index in [1.54, 1.807) is 19.2 Å². The van der Waals surface area contributed by atoms with Gasteiger partial charge in [0.25, 0.3) is 10.0 Å². The summed E-state index contributed by atoms with van der Waals surface area (Å²) in [5.41, 5.74) is 2.56. The maximum Gasteiger partial charge on any atom is 0.261 e. The monoisotopic (exact) mass is 348 g/mol. The molecule has 0 unspecified atom stereocenters. The second kappa shape index (κ2) is 7.57. The number of aryl methyl sites for hydroxylation is 1. The van der Waals surface area contributed by atoms with Gasteiger partial charge < -0.3 is 9.64 Å². The standard InChI is InChI=1S/C18H24N2O3S/c1-5-20(6-2)15-7-12-18(14(3)13-15)19-24(21,22)17-10-8-16(23-4)9-11-17/h7-13,19H,5-6H2,1-4H3. The second-order valence-corrected chi connectivity index (χ2v) is 7.13. The summed E-state index contributed by atoms with van der Waals surface area (Å²) in [5.74, 6) is 0.619. The Morgan fingerprint density at radius 1 is 1.04 bits per heavy atom. The topological polar surface area (TPSA) is 58.6 Å².